The van der Waals surface area contributed by atoms with Crippen molar-refractivity contribution in [2.24, 2.45) is 0 Å². The van der Waals surface area contributed by atoms with Crippen molar-refractivity contribution >= 4 is 5.88 Å². The van der Waals surface area contributed by atoms with Crippen molar-refractivity contribution in [1.82, 2.24) is 9.13 Å². The molecule has 0 bridgehead atoms. The molecule has 9 nitrogen and oxygen atoms in total. The zero-order chi connectivity index (χ0) is 16.6. The van der Waals surface area contributed by atoms with Crippen LogP contribution in [0.1, 0.15) is 24.8 Å². The van der Waals surface area contributed by atoms with Gasteiger partial charge in [0.05, 0.1) is 18.8 Å². The molecule has 0 spiro atoms. The van der Waals surface area contributed by atoms with Crippen LogP contribution in [-0.2, 0) is 11.3 Å². The van der Waals surface area contributed by atoms with E-state index in [4.69, 9.17) is 9.15 Å². The molecule has 0 radical (unpaired) electrons. The standard InChI is InChI=1S/C13H12FN3O6/c14-9-7-15(10-2-1-5-22-10)13(19)16(12(9)18)6-8-3-4-11(23-8)17(20)21/h3-4,7,10H,1-2,5-6H2. The van der Waals surface area contributed by atoms with Crippen LogP contribution in [0.5, 0.6) is 0 Å². The Balaban J connectivity index is 2.01. The van der Waals surface area contributed by atoms with E-state index in [1.165, 1.54) is 6.07 Å². The lowest BCUT2D eigenvalue weighted by atomic mass is 10.3. The van der Waals surface area contributed by atoms with Crippen LogP contribution in [0.4, 0.5) is 10.3 Å². The van der Waals surface area contributed by atoms with Gasteiger partial charge in [0, 0.05) is 6.61 Å². The number of rotatable bonds is 4. The van der Waals surface area contributed by atoms with Crippen LogP contribution in [0.25, 0.3) is 0 Å². The number of halogens is 1. The van der Waals surface area contributed by atoms with E-state index in [0.29, 0.717) is 17.6 Å². The van der Waals surface area contributed by atoms with Crippen LogP contribution in [0, 0.1) is 15.9 Å². The summed E-state index contributed by atoms with van der Waals surface area (Å²) in [6, 6.07) is 2.35. The summed E-state index contributed by atoms with van der Waals surface area (Å²) >= 11 is 0. The third kappa shape index (κ3) is 2.80. The van der Waals surface area contributed by atoms with Gasteiger partial charge in [-0.3, -0.25) is 19.5 Å². The van der Waals surface area contributed by atoms with Crippen LogP contribution in [-0.4, -0.2) is 20.7 Å². The maximum absolute atomic E-state index is 13.8. The van der Waals surface area contributed by atoms with Crippen LogP contribution in [0.15, 0.2) is 32.3 Å². The van der Waals surface area contributed by atoms with Gasteiger partial charge in [0.15, 0.2) is 0 Å². The highest BCUT2D eigenvalue weighted by molar-refractivity contribution is 5.18. The van der Waals surface area contributed by atoms with Crippen molar-refractivity contribution in [2.75, 3.05) is 6.61 Å². The van der Waals surface area contributed by atoms with Gasteiger partial charge in [-0.15, -0.1) is 0 Å². The summed E-state index contributed by atoms with van der Waals surface area (Å²) in [6.45, 7) is 0.0399. The van der Waals surface area contributed by atoms with Crippen LogP contribution in [0.3, 0.4) is 0 Å². The van der Waals surface area contributed by atoms with Crippen molar-refractivity contribution in [3.8, 4) is 0 Å². The van der Waals surface area contributed by atoms with Crippen molar-refractivity contribution in [1.29, 1.82) is 0 Å². The van der Waals surface area contributed by atoms with Gasteiger partial charge in [0.25, 0.3) is 5.56 Å². The number of hydrogen-bond donors (Lipinski definition) is 0. The topological polar surface area (TPSA) is 110 Å². The predicted molar refractivity (Wildman–Crippen MR) is 73.6 cm³/mol. The third-order valence-electron chi connectivity index (χ3n) is 3.51. The molecule has 1 saturated heterocycles. The first-order valence-electron chi connectivity index (χ1n) is 6.83. The van der Waals surface area contributed by atoms with Crippen molar-refractivity contribution < 1.29 is 18.5 Å². The van der Waals surface area contributed by atoms with Crippen molar-refractivity contribution in [3.63, 3.8) is 0 Å². The van der Waals surface area contributed by atoms with Crippen molar-refractivity contribution in [2.45, 2.75) is 25.6 Å². The van der Waals surface area contributed by atoms with Gasteiger partial charge in [-0.2, -0.15) is 4.39 Å². The SMILES string of the molecule is O=c1c(F)cn(C2CCCO2)c(=O)n1Cc1ccc([N+](=O)[O-])o1. The Bertz CT molecular complexity index is 861. The Morgan fingerprint density at radius 3 is 2.78 bits per heavy atom. The highest BCUT2D eigenvalue weighted by Crippen LogP contribution is 2.21. The summed E-state index contributed by atoms with van der Waals surface area (Å²) in [5.74, 6) is -1.63. The van der Waals surface area contributed by atoms with E-state index in [-0.39, 0.29) is 5.76 Å². The van der Waals surface area contributed by atoms with E-state index in [1.807, 2.05) is 0 Å². The average molecular weight is 325 g/mol. The highest BCUT2D eigenvalue weighted by atomic mass is 19.1. The summed E-state index contributed by atoms with van der Waals surface area (Å²) in [5, 5.41) is 10.6. The van der Waals surface area contributed by atoms with Gasteiger partial charge in [-0.25, -0.2) is 9.36 Å². The maximum atomic E-state index is 13.8. The molecule has 0 aliphatic carbocycles. The van der Waals surface area contributed by atoms with E-state index in [1.54, 1.807) is 0 Å². The normalized spacial score (nSPS) is 17.5. The van der Waals surface area contributed by atoms with Gasteiger partial charge >= 0.3 is 11.6 Å². The average Bonchev–Trinajstić information content (AvgIpc) is 3.18. The first-order chi connectivity index (χ1) is 11.0. The molecule has 0 aromatic carbocycles. The van der Waals surface area contributed by atoms with Gasteiger partial charge in [0.2, 0.25) is 5.82 Å². The summed E-state index contributed by atoms with van der Waals surface area (Å²) in [4.78, 5) is 34.1. The molecule has 3 rings (SSSR count). The minimum atomic E-state index is -1.12. The molecule has 2 aromatic rings. The molecular formula is C13H12FN3O6. The predicted octanol–water partition coefficient (Wildman–Crippen LogP) is 1.01. The number of hydrogen-bond acceptors (Lipinski definition) is 6. The smallest absolute Gasteiger partial charge is 0.404 e. The molecule has 1 unspecified atom stereocenters. The van der Waals surface area contributed by atoms with Crippen molar-refractivity contribution in [3.05, 3.63) is 60.9 Å². The molecule has 0 N–H and O–H groups in total. The lowest BCUT2D eigenvalue weighted by molar-refractivity contribution is -0.402. The van der Waals surface area contributed by atoms with E-state index in [2.05, 4.69) is 0 Å². The minimum Gasteiger partial charge on any atom is -0.404 e. The summed E-state index contributed by atoms with van der Waals surface area (Å²) in [6.07, 6.45) is 1.45. The first kappa shape index (κ1) is 15.2. The number of furan rings is 1. The summed E-state index contributed by atoms with van der Waals surface area (Å²) in [5.41, 5.74) is -1.88. The molecule has 23 heavy (non-hydrogen) atoms. The number of aromatic nitrogens is 2. The fourth-order valence-electron chi connectivity index (χ4n) is 2.42. The fraction of sp³-hybridized carbons (Fsp3) is 0.385. The Morgan fingerprint density at radius 2 is 2.17 bits per heavy atom. The molecule has 0 amide bonds. The second-order valence-electron chi connectivity index (χ2n) is 5.02. The Hall–Kier alpha value is -2.75. The molecule has 122 valence electrons. The molecule has 1 fully saturated rings. The lowest BCUT2D eigenvalue weighted by Gasteiger charge is -2.15. The minimum absolute atomic E-state index is 0.000361. The zero-order valence-electron chi connectivity index (χ0n) is 11.8. The monoisotopic (exact) mass is 325 g/mol. The number of nitrogens with zero attached hydrogens (tertiary/aromatic N) is 3. The molecule has 2 aromatic heterocycles. The first-order valence-corrected chi connectivity index (χ1v) is 6.83. The van der Waals surface area contributed by atoms with Gasteiger partial charge in [0.1, 0.15) is 16.9 Å². The quantitative estimate of drug-likeness (QED) is 0.613. The van der Waals surface area contributed by atoms with Gasteiger partial charge < -0.3 is 9.15 Å². The molecule has 1 aliphatic heterocycles. The Labute approximate surface area is 127 Å². The van der Waals surface area contributed by atoms with Gasteiger partial charge in [-0.1, -0.05) is 0 Å². The number of ether oxygens (including phenoxy) is 1. The molecule has 0 saturated carbocycles. The Kier molecular flexibility index (Phi) is 3.82. The van der Waals surface area contributed by atoms with E-state index in [9.17, 15) is 24.1 Å². The lowest BCUT2D eigenvalue weighted by Crippen LogP contribution is -2.42. The highest BCUT2D eigenvalue weighted by Gasteiger charge is 2.23. The van der Waals surface area contributed by atoms with Crippen LogP contribution >= 0.6 is 0 Å². The van der Waals surface area contributed by atoms with Crippen LogP contribution < -0.4 is 11.2 Å². The molecule has 3 heterocycles. The number of nitro groups is 1. The molecule has 1 aliphatic rings. The Morgan fingerprint density at radius 1 is 1.39 bits per heavy atom. The zero-order valence-corrected chi connectivity index (χ0v) is 11.8. The molecule has 10 heteroatoms. The van der Waals surface area contributed by atoms with E-state index < -0.39 is 40.6 Å². The van der Waals surface area contributed by atoms with Crippen LogP contribution in [0.2, 0.25) is 0 Å². The fourth-order valence-corrected chi connectivity index (χ4v) is 2.42. The largest absolute Gasteiger partial charge is 0.433 e. The maximum Gasteiger partial charge on any atom is 0.433 e. The summed E-state index contributed by atoms with van der Waals surface area (Å²) in [7, 11) is 0. The van der Waals surface area contributed by atoms with Gasteiger partial charge in [-0.05, 0) is 18.9 Å². The second kappa shape index (κ2) is 5.80. The van der Waals surface area contributed by atoms with E-state index >= 15 is 0 Å². The third-order valence-corrected chi connectivity index (χ3v) is 3.51. The molecule has 1 atom stereocenters. The summed E-state index contributed by atoms with van der Waals surface area (Å²) < 4.78 is 25.7. The van der Waals surface area contributed by atoms with E-state index in [0.717, 1.165) is 23.3 Å². The second-order valence-corrected chi connectivity index (χ2v) is 5.02. The molecular weight excluding hydrogens is 313 g/mol.